The van der Waals surface area contributed by atoms with Crippen molar-refractivity contribution in [2.45, 2.75) is 6.29 Å². The number of amides is 2. The van der Waals surface area contributed by atoms with Crippen LogP contribution in [0, 0.1) is 0 Å². The van der Waals surface area contributed by atoms with E-state index in [1.165, 1.54) is 18.3 Å². The first-order valence-corrected chi connectivity index (χ1v) is 8.48. The van der Waals surface area contributed by atoms with Crippen LogP contribution in [0.5, 0.6) is 11.5 Å². The molecule has 0 saturated carbocycles. The quantitative estimate of drug-likeness (QED) is 0.838. The molecule has 27 heavy (non-hydrogen) atoms. The summed E-state index contributed by atoms with van der Waals surface area (Å²) in [6.07, 6.45) is -2.23. The number of alkyl halides is 2. The molecule has 0 aliphatic carbocycles. The summed E-state index contributed by atoms with van der Waals surface area (Å²) in [5.74, 6) is 0.124. The standard InChI is InChI=1S/C17H14ClF2N3O4/c18-12-8-14-13(26-17(19,20)27-14)7-11(12)10-1-2-15(21-9-10)22-16(24)23-3-5-25-6-4-23/h1-2,7-9H,3-6H2,(H,21,22,24). The van der Waals surface area contributed by atoms with E-state index in [-0.39, 0.29) is 22.6 Å². The van der Waals surface area contributed by atoms with Crippen LogP contribution in [0.1, 0.15) is 0 Å². The molecule has 1 aromatic carbocycles. The molecule has 0 bridgehead atoms. The summed E-state index contributed by atoms with van der Waals surface area (Å²) in [6.45, 7) is 2.03. The smallest absolute Gasteiger partial charge is 0.395 e. The van der Waals surface area contributed by atoms with Gasteiger partial charge in [0.2, 0.25) is 0 Å². The maximum Gasteiger partial charge on any atom is 0.586 e. The number of aromatic nitrogens is 1. The Labute approximate surface area is 157 Å². The van der Waals surface area contributed by atoms with Gasteiger partial charge in [0.15, 0.2) is 11.5 Å². The molecule has 2 aromatic rings. The van der Waals surface area contributed by atoms with Gasteiger partial charge in [-0.25, -0.2) is 9.78 Å². The Morgan fingerprint density at radius 2 is 1.89 bits per heavy atom. The van der Waals surface area contributed by atoms with Gasteiger partial charge >= 0.3 is 12.3 Å². The number of hydrogen-bond donors (Lipinski definition) is 1. The van der Waals surface area contributed by atoms with Gasteiger partial charge in [-0.2, -0.15) is 0 Å². The highest BCUT2D eigenvalue weighted by molar-refractivity contribution is 6.33. The van der Waals surface area contributed by atoms with E-state index < -0.39 is 6.29 Å². The second kappa shape index (κ2) is 6.82. The zero-order chi connectivity index (χ0) is 19.0. The van der Waals surface area contributed by atoms with Gasteiger partial charge in [-0.05, 0) is 18.2 Å². The van der Waals surface area contributed by atoms with Crippen molar-refractivity contribution >= 4 is 23.4 Å². The van der Waals surface area contributed by atoms with Gasteiger partial charge in [-0.15, -0.1) is 8.78 Å². The number of fused-ring (bicyclic) bond motifs is 1. The first-order chi connectivity index (χ1) is 12.9. The van der Waals surface area contributed by atoms with E-state index in [4.69, 9.17) is 16.3 Å². The van der Waals surface area contributed by atoms with E-state index >= 15 is 0 Å². The number of nitrogens with zero attached hydrogens (tertiary/aromatic N) is 2. The lowest BCUT2D eigenvalue weighted by Gasteiger charge is -2.26. The van der Waals surface area contributed by atoms with Gasteiger partial charge in [-0.1, -0.05) is 11.6 Å². The minimum atomic E-state index is -3.71. The second-order valence-electron chi connectivity index (χ2n) is 5.91. The first-order valence-electron chi connectivity index (χ1n) is 8.11. The zero-order valence-corrected chi connectivity index (χ0v) is 14.6. The molecule has 2 aliphatic heterocycles. The average molecular weight is 398 g/mol. The fourth-order valence-electron chi connectivity index (χ4n) is 2.77. The molecule has 10 heteroatoms. The number of pyridine rings is 1. The topological polar surface area (TPSA) is 72.9 Å². The molecule has 4 rings (SSSR count). The molecule has 7 nitrogen and oxygen atoms in total. The van der Waals surface area contributed by atoms with Crippen molar-refractivity contribution < 1.29 is 27.8 Å². The lowest BCUT2D eigenvalue weighted by atomic mass is 10.1. The van der Waals surface area contributed by atoms with Crippen LogP contribution in [0.3, 0.4) is 0 Å². The number of carbonyl (C=O) groups excluding carboxylic acids is 1. The van der Waals surface area contributed by atoms with E-state index in [0.717, 1.165) is 0 Å². The van der Waals surface area contributed by atoms with Gasteiger partial charge in [0.25, 0.3) is 0 Å². The monoisotopic (exact) mass is 397 g/mol. The number of halogens is 3. The van der Waals surface area contributed by atoms with Crippen LogP contribution in [0.15, 0.2) is 30.5 Å². The SMILES string of the molecule is O=C(Nc1ccc(-c2cc3c(cc2Cl)OC(F)(F)O3)cn1)N1CCOCC1. The number of benzene rings is 1. The van der Waals surface area contributed by atoms with Gasteiger partial charge in [-0.3, -0.25) is 5.32 Å². The number of ether oxygens (including phenoxy) is 3. The summed E-state index contributed by atoms with van der Waals surface area (Å²) >= 11 is 6.16. The third-order valence-electron chi connectivity index (χ3n) is 4.10. The first kappa shape index (κ1) is 17.7. The van der Waals surface area contributed by atoms with Crippen molar-refractivity contribution in [2.24, 2.45) is 0 Å². The Morgan fingerprint density at radius 1 is 1.19 bits per heavy atom. The van der Waals surface area contributed by atoms with Crippen LogP contribution in [-0.4, -0.2) is 48.5 Å². The summed E-state index contributed by atoms with van der Waals surface area (Å²) < 4.78 is 40.4. The molecule has 1 fully saturated rings. The van der Waals surface area contributed by atoms with Gasteiger partial charge in [0, 0.05) is 36.5 Å². The van der Waals surface area contributed by atoms with Crippen molar-refractivity contribution in [2.75, 3.05) is 31.6 Å². The number of urea groups is 1. The van der Waals surface area contributed by atoms with Crippen LogP contribution in [0.2, 0.25) is 5.02 Å². The largest absolute Gasteiger partial charge is 0.586 e. The normalized spacial score (nSPS) is 17.7. The maximum absolute atomic E-state index is 13.2. The molecule has 1 saturated heterocycles. The number of hydrogen-bond acceptors (Lipinski definition) is 5. The van der Waals surface area contributed by atoms with E-state index in [2.05, 4.69) is 19.8 Å². The number of carbonyl (C=O) groups is 1. The summed E-state index contributed by atoms with van der Waals surface area (Å²) in [5, 5.41) is 2.91. The van der Waals surface area contributed by atoms with E-state index in [9.17, 15) is 13.6 Å². The predicted octanol–water partition coefficient (Wildman–Crippen LogP) is 3.59. The Kier molecular flexibility index (Phi) is 4.48. The maximum atomic E-state index is 13.2. The van der Waals surface area contributed by atoms with Crippen LogP contribution < -0.4 is 14.8 Å². The summed E-state index contributed by atoms with van der Waals surface area (Å²) in [4.78, 5) is 18.0. The number of morpholine rings is 1. The molecule has 0 atom stereocenters. The molecule has 1 N–H and O–H groups in total. The van der Waals surface area contributed by atoms with Crippen LogP contribution in [0.25, 0.3) is 11.1 Å². The van der Waals surface area contributed by atoms with Crippen LogP contribution in [-0.2, 0) is 4.74 Å². The predicted molar refractivity (Wildman–Crippen MR) is 92.3 cm³/mol. The van der Waals surface area contributed by atoms with Crippen molar-refractivity contribution in [1.29, 1.82) is 0 Å². The highest BCUT2D eigenvalue weighted by Gasteiger charge is 2.43. The third-order valence-corrected chi connectivity index (χ3v) is 4.41. The van der Waals surface area contributed by atoms with E-state index in [0.29, 0.717) is 43.2 Å². The highest BCUT2D eigenvalue weighted by Crippen LogP contribution is 2.45. The number of rotatable bonds is 2. The van der Waals surface area contributed by atoms with Crippen molar-refractivity contribution in [1.82, 2.24) is 9.88 Å². The van der Waals surface area contributed by atoms with Crippen molar-refractivity contribution in [3.8, 4) is 22.6 Å². The van der Waals surface area contributed by atoms with Gasteiger partial charge in [0.1, 0.15) is 5.82 Å². The lowest BCUT2D eigenvalue weighted by Crippen LogP contribution is -2.43. The number of nitrogens with one attached hydrogen (secondary N) is 1. The summed E-state index contributed by atoms with van der Waals surface area (Å²) in [5.41, 5.74) is 1.03. The van der Waals surface area contributed by atoms with Crippen molar-refractivity contribution in [3.05, 3.63) is 35.5 Å². The number of anilines is 1. The van der Waals surface area contributed by atoms with E-state index in [1.54, 1.807) is 17.0 Å². The molecule has 3 heterocycles. The molecular weight excluding hydrogens is 384 g/mol. The highest BCUT2D eigenvalue weighted by atomic mass is 35.5. The Morgan fingerprint density at radius 3 is 2.56 bits per heavy atom. The minimum Gasteiger partial charge on any atom is -0.395 e. The fraction of sp³-hybridized carbons (Fsp3) is 0.294. The van der Waals surface area contributed by atoms with Gasteiger partial charge < -0.3 is 19.1 Å². The molecule has 1 aromatic heterocycles. The van der Waals surface area contributed by atoms with E-state index in [1.807, 2.05) is 0 Å². The molecule has 0 unspecified atom stereocenters. The molecule has 2 amide bonds. The Balaban J connectivity index is 1.50. The van der Waals surface area contributed by atoms with Gasteiger partial charge in [0.05, 0.1) is 18.2 Å². The fourth-order valence-corrected chi connectivity index (χ4v) is 3.04. The Hall–Kier alpha value is -2.65. The molecule has 142 valence electrons. The van der Waals surface area contributed by atoms with Crippen molar-refractivity contribution in [3.63, 3.8) is 0 Å². The summed E-state index contributed by atoms with van der Waals surface area (Å²) in [6, 6.07) is 5.64. The average Bonchev–Trinajstić information content (AvgIpc) is 2.95. The van der Waals surface area contributed by atoms with Crippen LogP contribution in [0.4, 0.5) is 19.4 Å². The zero-order valence-electron chi connectivity index (χ0n) is 13.9. The minimum absolute atomic E-state index is 0.107. The molecule has 2 aliphatic rings. The van der Waals surface area contributed by atoms with Crippen LogP contribution >= 0.6 is 11.6 Å². The summed E-state index contributed by atoms with van der Waals surface area (Å²) in [7, 11) is 0. The lowest BCUT2D eigenvalue weighted by molar-refractivity contribution is -0.286. The second-order valence-corrected chi connectivity index (χ2v) is 6.32. The molecule has 0 spiro atoms. The Bertz CT molecular complexity index is 873. The third kappa shape index (κ3) is 3.74. The molecule has 0 radical (unpaired) electrons. The molecular formula is C17H14ClF2N3O4.